The molecule has 0 radical (unpaired) electrons. The zero-order valence-electron chi connectivity index (χ0n) is 10.4. The highest BCUT2D eigenvalue weighted by molar-refractivity contribution is 7.99. The van der Waals surface area contributed by atoms with Gasteiger partial charge in [0.15, 0.2) is 0 Å². The molecular weight excluding hydrogens is 242 g/mol. The number of rotatable bonds is 3. The molecule has 3 N–H and O–H groups in total. The molecule has 0 aliphatic rings. The highest BCUT2D eigenvalue weighted by Crippen LogP contribution is 2.29. The van der Waals surface area contributed by atoms with Gasteiger partial charge in [-0.25, -0.2) is 4.98 Å². The third kappa shape index (κ3) is 2.90. The maximum atomic E-state index is 7.43. The van der Waals surface area contributed by atoms with Crippen molar-refractivity contribution < 1.29 is 0 Å². The van der Waals surface area contributed by atoms with Gasteiger partial charge in [-0.2, -0.15) is 0 Å². The molecule has 0 saturated carbocycles. The number of amidine groups is 1. The van der Waals surface area contributed by atoms with Gasteiger partial charge in [0.2, 0.25) is 0 Å². The van der Waals surface area contributed by atoms with Crippen molar-refractivity contribution in [2.75, 3.05) is 0 Å². The lowest BCUT2D eigenvalue weighted by atomic mass is 10.2. The van der Waals surface area contributed by atoms with E-state index in [-0.39, 0.29) is 5.84 Å². The van der Waals surface area contributed by atoms with E-state index in [0.29, 0.717) is 5.56 Å². The summed E-state index contributed by atoms with van der Waals surface area (Å²) in [6.45, 7) is 4.15. The molecule has 1 aromatic heterocycles. The SMILES string of the molecule is Cc1ccc(C)c(Sc2cc(C(=N)N)ccn2)c1. The Kier molecular flexibility index (Phi) is 3.67. The van der Waals surface area contributed by atoms with Gasteiger partial charge < -0.3 is 5.73 Å². The molecular formula is C14H15N3S. The van der Waals surface area contributed by atoms with E-state index in [0.717, 1.165) is 5.03 Å². The van der Waals surface area contributed by atoms with Crippen LogP contribution in [0, 0.1) is 19.3 Å². The molecule has 3 nitrogen and oxygen atoms in total. The van der Waals surface area contributed by atoms with Gasteiger partial charge in [0, 0.05) is 16.7 Å². The van der Waals surface area contributed by atoms with Gasteiger partial charge in [-0.1, -0.05) is 23.9 Å². The second kappa shape index (κ2) is 5.23. The predicted octanol–water partition coefficient (Wildman–Crippen LogP) is 3.13. The van der Waals surface area contributed by atoms with Crippen LogP contribution in [0.1, 0.15) is 16.7 Å². The molecule has 1 aromatic carbocycles. The van der Waals surface area contributed by atoms with Gasteiger partial charge in [-0.15, -0.1) is 0 Å². The lowest BCUT2D eigenvalue weighted by Gasteiger charge is -2.07. The number of hydrogen-bond acceptors (Lipinski definition) is 3. The van der Waals surface area contributed by atoms with Crippen molar-refractivity contribution in [3.8, 4) is 0 Å². The zero-order chi connectivity index (χ0) is 13.1. The van der Waals surface area contributed by atoms with Crippen molar-refractivity contribution in [2.45, 2.75) is 23.8 Å². The standard InChI is InChI=1S/C14H15N3S/c1-9-3-4-10(2)12(7-9)18-13-8-11(14(15)16)5-6-17-13/h3-8H,1-2H3,(H3,15,16). The monoisotopic (exact) mass is 257 g/mol. The third-order valence-corrected chi connectivity index (χ3v) is 3.70. The summed E-state index contributed by atoms with van der Waals surface area (Å²) in [5.74, 6) is 0.0696. The average Bonchev–Trinajstić information content (AvgIpc) is 2.34. The molecule has 0 amide bonds. The largest absolute Gasteiger partial charge is 0.384 e. The maximum absolute atomic E-state index is 7.43. The summed E-state index contributed by atoms with van der Waals surface area (Å²) in [5.41, 5.74) is 8.63. The first-order chi connectivity index (χ1) is 8.56. The summed E-state index contributed by atoms with van der Waals surface area (Å²) in [7, 11) is 0. The van der Waals surface area contributed by atoms with E-state index >= 15 is 0 Å². The van der Waals surface area contributed by atoms with Gasteiger partial charge in [0.25, 0.3) is 0 Å². The Morgan fingerprint density at radius 1 is 1.22 bits per heavy atom. The van der Waals surface area contributed by atoms with E-state index in [2.05, 4.69) is 37.0 Å². The van der Waals surface area contributed by atoms with Crippen LogP contribution in [0.4, 0.5) is 0 Å². The predicted molar refractivity (Wildman–Crippen MR) is 75.3 cm³/mol. The van der Waals surface area contributed by atoms with Crippen molar-refractivity contribution in [1.29, 1.82) is 5.41 Å². The first-order valence-electron chi connectivity index (χ1n) is 5.62. The fourth-order valence-electron chi connectivity index (χ4n) is 1.56. The Balaban J connectivity index is 2.31. The van der Waals surface area contributed by atoms with Crippen LogP contribution in [0.2, 0.25) is 0 Å². The fourth-order valence-corrected chi connectivity index (χ4v) is 2.56. The second-order valence-corrected chi connectivity index (χ2v) is 5.23. The normalized spacial score (nSPS) is 10.3. The van der Waals surface area contributed by atoms with Crippen LogP contribution >= 0.6 is 11.8 Å². The highest BCUT2D eigenvalue weighted by atomic mass is 32.2. The Morgan fingerprint density at radius 3 is 2.72 bits per heavy atom. The number of aryl methyl sites for hydroxylation is 2. The lowest BCUT2D eigenvalue weighted by Crippen LogP contribution is -2.10. The topological polar surface area (TPSA) is 62.8 Å². The summed E-state index contributed by atoms with van der Waals surface area (Å²) >= 11 is 1.60. The fraction of sp³-hybridized carbons (Fsp3) is 0.143. The number of aromatic nitrogens is 1. The minimum absolute atomic E-state index is 0.0696. The summed E-state index contributed by atoms with van der Waals surface area (Å²) < 4.78 is 0. The Hall–Kier alpha value is -1.81. The molecule has 0 spiro atoms. The number of pyridine rings is 1. The summed E-state index contributed by atoms with van der Waals surface area (Å²) in [6, 6.07) is 9.93. The molecule has 0 aliphatic heterocycles. The average molecular weight is 257 g/mol. The molecule has 0 fully saturated rings. The van der Waals surface area contributed by atoms with E-state index in [4.69, 9.17) is 11.1 Å². The number of nitrogens with two attached hydrogens (primary N) is 1. The van der Waals surface area contributed by atoms with Crippen molar-refractivity contribution in [3.05, 3.63) is 53.2 Å². The molecule has 0 atom stereocenters. The molecule has 0 saturated heterocycles. The Morgan fingerprint density at radius 2 is 2.00 bits per heavy atom. The Bertz CT molecular complexity index is 593. The van der Waals surface area contributed by atoms with Crippen LogP contribution in [-0.4, -0.2) is 10.8 Å². The molecule has 2 aromatic rings. The molecule has 92 valence electrons. The van der Waals surface area contributed by atoms with Gasteiger partial charge in [0.05, 0.1) is 0 Å². The molecule has 0 unspecified atom stereocenters. The van der Waals surface area contributed by atoms with Crippen molar-refractivity contribution in [1.82, 2.24) is 4.98 Å². The van der Waals surface area contributed by atoms with Crippen LogP contribution in [0.5, 0.6) is 0 Å². The first kappa shape index (κ1) is 12.6. The molecule has 4 heteroatoms. The molecule has 1 heterocycles. The first-order valence-corrected chi connectivity index (χ1v) is 6.43. The Labute approximate surface area is 111 Å². The van der Waals surface area contributed by atoms with E-state index in [1.165, 1.54) is 16.0 Å². The van der Waals surface area contributed by atoms with E-state index in [9.17, 15) is 0 Å². The molecule has 0 aliphatic carbocycles. The van der Waals surface area contributed by atoms with Crippen molar-refractivity contribution >= 4 is 17.6 Å². The highest BCUT2D eigenvalue weighted by Gasteiger charge is 2.05. The summed E-state index contributed by atoms with van der Waals surface area (Å²) in [6.07, 6.45) is 1.68. The van der Waals surface area contributed by atoms with Crippen LogP contribution in [0.3, 0.4) is 0 Å². The van der Waals surface area contributed by atoms with E-state index in [1.54, 1.807) is 24.0 Å². The van der Waals surface area contributed by atoms with E-state index in [1.807, 2.05) is 6.07 Å². The zero-order valence-corrected chi connectivity index (χ0v) is 11.2. The second-order valence-electron chi connectivity index (χ2n) is 4.17. The van der Waals surface area contributed by atoms with Gasteiger partial charge >= 0.3 is 0 Å². The molecule has 2 rings (SSSR count). The smallest absolute Gasteiger partial charge is 0.122 e. The molecule has 0 bridgehead atoms. The quantitative estimate of drug-likeness (QED) is 0.656. The van der Waals surface area contributed by atoms with E-state index < -0.39 is 0 Å². The summed E-state index contributed by atoms with van der Waals surface area (Å²) in [4.78, 5) is 5.48. The molecule has 18 heavy (non-hydrogen) atoms. The van der Waals surface area contributed by atoms with Gasteiger partial charge in [-0.3, -0.25) is 5.41 Å². The van der Waals surface area contributed by atoms with Crippen LogP contribution in [0.25, 0.3) is 0 Å². The number of hydrogen-bond donors (Lipinski definition) is 2. The van der Waals surface area contributed by atoms with Crippen LogP contribution in [0.15, 0.2) is 46.5 Å². The summed E-state index contributed by atoms with van der Waals surface area (Å²) in [5, 5.41) is 8.29. The minimum atomic E-state index is 0.0696. The van der Waals surface area contributed by atoms with Crippen molar-refractivity contribution in [2.24, 2.45) is 5.73 Å². The number of nitrogen functional groups attached to an aromatic ring is 1. The minimum Gasteiger partial charge on any atom is -0.384 e. The lowest BCUT2D eigenvalue weighted by molar-refractivity contribution is 1.12. The third-order valence-electron chi connectivity index (χ3n) is 2.60. The van der Waals surface area contributed by atoms with Gasteiger partial charge in [0.1, 0.15) is 10.9 Å². The van der Waals surface area contributed by atoms with Crippen LogP contribution in [-0.2, 0) is 0 Å². The number of nitrogens with one attached hydrogen (secondary N) is 1. The van der Waals surface area contributed by atoms with Crippen LogP contribution < -0.4 is 5.73 Å². The van der Waals surface area contributed by atoms with Gasteiger partial charge in [-0.05, 0) is 43.2 Å². The number of nitrogens with zero attached hydrogens (tertiary/aromatic N) is 1. The van der Waals surface area contributed by atoms with Crippen molar-refractivity contribution in [3.63, 3.8) is 0 Å². The number of benzene rings is 1. The maximum Gasteiger partial charge on any atom is 0.122 e.